The first-order valence-electron chi connectivity index (χ1n) is 2.59. The number of ether oxygens (including phenoxy) is 1. The Labute approximate surface area is 75.2 Å². The van der Waals surface area contributed by atoms with Crippen LogP contribution in [0.5, 0.6) is 0 Å². The number of esters is 1. The summed E-state index contributed by atoms with van der Waals surface area (Å²) in [4.78, 5) is 10.7. The Kier molecular flexibility index (Phi) is 2.68. The van der Waals surface area contributed by atoms with E-state index in [9.17, 15) is 4.79 Å². The molecule has 0 aromatic carbocycles. The fourth-order valence-electron chi connectivity index (χ4n) is 0.546. The van der Waals surface area contributed by atoms with Crippen LogP contribution in [-0.4, -0.2) is 11.3 Å². The summed E-state index contributed by atoms with van der Waals surface area (Å²) in [6.45, 7) is 0. The summed E-state index contributed by atoms with van der Waals surface area (Å²) < 4.78 is 5.24. The molecule has 0 bridgehead atoms. The molecule has 1 heterocycles. The molecule has 2 nitrogen and oxygen atoms in total. The number of allylic oxidation sites excluding steroid dienone is 2. The van der Waals surface area contributed by atoms with Crippen LogP contribution in [0.4, 0.5) is 0 Å². The second-order valence-electron chi connectivity index (χ2n) is 1.64. The minimum absolute atomic E-state index is 0.327. The Morgan fingerprint density at radius 1 is 1.70 bits per heavy atom. The van der Waals surface area contributed by atoms with E-state index in [0.29, 0.717) is 15.6 Å². The van der Waals surface area contributed by atoms with E-state index in [1.165, 1.54) is 0 Å². The lowest BCUT2D eigenvalue weighted by Gasteiger charge is -1.91. The average Bonchev–Trinajstić information content (AvgIpc) is 2.14. The van der Waals surface area contributed by atoms with Crippen molar-refractivity contribution in [1.82, 2.24) is 0 Å². The summed E-state index contributed by atoms with van der Waals surface area (Å²) in [5.41, 5.74) is 0. The van der Waals surface area contributed by atoms with Crippen molar-refractivity contribution in [2.45, 2.75) is 0 Å². The van der Waals surface area contributed by atoms with Gasteiger partial charge >= 0.3 is 5.97 Å². The Balaban J connectivity index is 2.74. The van der Waals surface area contributed by atoms with Gasteiger partial charge in [-0.3, -0.25) is 0 Å². The number of hydrogen-bond acceptors (Lipinski definition) is 2. The van der Waals surface area contributed by atoms with Gasteiger partial charge in [-0.15, -0.1) is 0 Å². The number of carbonyl (C=O) groups excluding carboxylic acids is 1. The molecule has 1 aliphatic rings. The number of halogens is 2. The molecule has 0 N–H and O–H groups in total. The molecule has 4 heteroatoms. The van der Waals surface area contributed by atoms with E-state index < -0.39 is 0 Å². The van der Waals surface area contributed by atoms with E-state index >= 15 is 0 Å². The zero-order valence-electron chi connectivity index (χ0n) is 4.93. The van der Waals surface area contributed by atoms with Crippen molar-refractivity contribution < 1.29 is 9.53 Å². The molecule has 1 aliphatic heterocycles. The number of alkyl halides is 1. The van der Waals surface area contributed by atoms with Crippen LogP contribution in [0.3, 0.4) is 0 Å². The number of cyclic esters (lactones) is 1. The molecular weight excluding hydrogens is 264 g/mol. The van der Waals surface area contributed by atoms with Crippen LogP contribution in [0.1, 0.15) is 0 Å². The van der Waals surface area contributed by atoms with Crippen molar-refractivity contribution in [3.8, 4) is 0 Å². The van der Waals surface area contributed by atoms with Crippen molar-refractivity contribution >= 4 is 37.8 Å². The van der Waals surface area contributed by atoms with Gasteiger partial charge in [0.05, 0.1) is 0 Å². The third kappa shape index (κ3) is 1.70. The number of rotatable bonds is 1. The Hall–Kier alpha value is -0.0900. The van der Waals surface area contributed by atoms with Crippen molar-refractivity contribution in [2.75, 3.05) is 5.33 Å². The molecule has 1 rings (SSSR count). The van der Waals surface area contributed by atoms with E-state index in [0.717, 1.165) is 0 Å². The predicted molar refractivity (Wildman–Crippen MR) is 45.0 cm³/mol. The summed E-state index contributed by atoms with van der Waals surface area (Å²) in [6.07, 6.45) is 3.41. The quantitative estimate of drug-likeness (QED) is 0.537. The van der Waals surface area contributed by atoms with Gasteiger partial charge in [-0.25, -0.2) is 4.79 Å². The van der Waals surface area contributed by atoms with Gasteiger partial charge in [-0.05, 0) is 22.0 Å². The van der Waals surface area contributed by atoms with Gasteiger partial charge in [0, 0.05) is 11.4 Å². The average molecular weight is 268 g/mol. The first-order valence-corrected chi connectivity index (χ1v) is 4.51. The largest absolute Gasteiger partial charge is 0.423 e. The Morgan fingerprint density at radius 3 is 2.80 bits per heavy atom. The fourth-order valence-corrected chi connectivity index (χ4v) is 1.17. The molecule has 0 spiro atoms. The minimum atomic E-state index is -0.327. The van der Waals surface area contributed by atoms with Crippen molar-refractivity contribution in [3.63, 3.8) is 0 Å². The first-order chi connectivity index (χ1) is 4.74. The molecule has 10 heavy (non-hydrogen) atoms. The molecule has 0 saturated heterocycles. The molecule has 0 aromatic heterocycles. The summed E-state index contributed by atoms with van der Waals surface area (Å²) in [6, 6.07) is 0. The molecule has 0 aromatic rings. The first kappa shape index (κ1) is 8.01. The Bertz CT molecular complexity index is 218. The lowest BCUT2D eigenvalue weighted by molar-refractivity contribution is -0.132. The zero-order valence-corrected chi connectivity index (χ0v) is 8.11. The summed E-state index contributed by atoms with van der Waals surface area (Å²) in [5.74, 6) is 0.265. The van der Waals surface area contributed by atoms with Gasteiger partial charge in [0.2, 0.25) is 0 Å². The maximum absolute atomic E-state index is 10.7. The highest BCUT2D eigenvalue weighted by molar-refractivity contribution is 9.12. The molecule has 0 atom stereocenters. The normalized spacial score (nSPS) is 21.2. The van der Waals surface area contributed by atoms with E-state index in [-0.39, 0.29) is 5.97 Å². The van der Waals surface area contributed by atoms with Crippen LogP contribution < -0.4 is 0 Å². The standard InChI is InChI=1S/C6H4Br2O2/c7-2-1-4-3-5(8)6(9)10-4/h1,3H,2H2/b4-1+. The number of hydrogen-bond donors (Lipinski definition) is 0. The molecule has 0 radical (unpaired) electrons. The smallest absolute Gasteiger partial charge is 0.350 e. The summed E-state index contributed by atoms with van der Waals surface area (Å²) >= 11 is 6.23. The molecule has 0 fully saturated rings. The molecule has 0 saturated carbocycles. The van der Waals surface area contributed by atoms with Crippen LogP contribution >= 0.6 is 31.9 Å². The van der Waals surface area contributed by atoms with Crippen LogP contribution in [0.2, 0.25) is 0 Å². The van der Waals surface area contributed by atoms with Crippen molar-refractivity contribution in [2.24, 2.45) is 0 Å². The lowest BCUT2D eigenvalue weighted by Crippen LogP contribution is -1.93. The molecule has 0 amide bonds. The highest BCUT2D eigenvalue weighted by Gasteiger charge is 2.17. The van der Waals surface area contributed by atoms with Gasteiger partial charge in [0.1, 0.15) is 10.2 Å². The summed E-state index contributed by atoms with van der Waals surface area (Å²) in [7, 11) is 0. The van der Waals surface area contributed by atoms with E-state index in [1.807, 2.05) is 0 Å². The van der Waals surface area contributed by atoms with Gasteiger partial charge < -0.3 is 4.74 Å². The maximum Gasteiger partial charge on any atom is 0.350 e. The van der Waals surface area contributed by atoms with Gasteiger partial charge in [0.15, 0.2) is 0 Å². The van der Waals surface area contributed by atoms with Crippen LogP contribution in [0.25, 0.3) is 0 Å². The SMILES string of the molecule is O=C1O/C(=C/CBr)C=C1Br. The second-order valence-corrected chi connectivity index (χ2v) is 3.14. The Morgan fingerprint density at radius 2 is 2.40 bits per heavy atom. The monoisotopic (exact) mass is 266 g/mol. The molecule has 54 valence electrons. The topological polar surface area (TPSA) is 26.3 Å². The van der Waals surface area contributed by atoms with Gasteiger partial charge in [-0.2, -0.15) is 0 Å². The van der Waals surface area contributed by atoms with E-state index in [4.69, 9.17) is 4.74 Å². The zero-order chi connectivity index (χ0) is 7.56. The minimum Gasteiger partial charge on any atom is -0.423 e. The molecule has 0 unspecified atom stereocenters. The van der Waals surface area contributed by atoms with Crippen LogP contribution in [0.15, 0.2) is 22.4 Å². The van der Waals surface area contributed by atoms with Crippen LogP contribution in [-0.2, 0) is 9.53 Å². The van der Waals surface area contributed by atoms with Gasteiger partial charge in [-0.1, -0.05) is 15.9 Å². The highest BCUT2D eigenvalue weighted by Crippen LogP contribution is 2.21. The van der Waals surface area contributed by atoms with E-state index in [2.05, 4.69) is 31.9 Å². The third-order valence-electron chi connectivity index (χ3n) is 0.953. The van der Waals surface area contributed by atoms with E-state index in [1.54, 1.807) is 12.2 Å². The van der Waals surface area contributed by atoms with Crippen LogP contribution in [0, 0.1) is 0 Å². The fraction of sp³-hybridized carbons (Fsp3) is 0.167. The van der Waals surface area contributed by atoms with Crippen molar-refractivity contribution in [3.05, 3.63) is 22.4 Å². The third-order valence-corrected chi connectivity index (χ3v) is 1.83. The number of carbonyl (C=O) groups is 1. The maximum atomic E-state index is 10.7. The predicted octanol–water partition coefficient (Wildman–Crippen LogP) is 2.10. The highest BCUT2D eigenvalue weighted by atomic mass is 79.9. The second kappa shape index (κ2) is 3.34. The lowest BCUT2D eigenvalue weighted by atomic mass is 10.4. The van der Waals surface area contributed by atoms with Crippen molar-refractivity contribution in [1.29, 1.82) is 0 Å². The summed E-state index contributed by atoms with van der Waals surface area (Å²) in [5, 5.41) is 0.687. The molecule has 0 aliphatic carbocycles. The van der Waals surface area contributed by atoms with Gasteiger partial charge in [0.25, 0.3) is 0 Å². The molecular formula is C6H4Br2O2.